The maximum absolute atomic E-state index is 13.0. The molecule has 1 aromatic heterocycles. The van der Waals surface area contributed by atoms with Crippen LogP contribution in [-0.4, -0.2) is 19.3 Å². The Hall–Kier alpha value is -4.07. The predicted octanol–water partition coefficient (Wildman–Crippen LogP) is 7.12. The molecule has 1 heterocycles. The van der Waals surface area contributed by atoms with Crippen LogP contribution in [0.4, 0.5) is 5.69 Å². The summed E-state index contributed by atoms with van der Waals surface area (Å²) in [6, 6.07) is 30.4. The monoisotopic (exact) mass is 524 g/mol. The van der Waals surface area contributed by atoms with Crippen LogP contribution >= 0.6 is 11.3 Å². The molecule has 0 bridgehead atoms. The van der Waals surface area contributed by atoms with Crippen LogP contribution in [-0.2, 0) is 16.3 Å². The molecule has 0 unspecified atom stereocenters. The number of anilines is 1. The van der Waals surface area contributed by atoms with Gasteiger partial charge >= 0.3 is 0 Å². The molecule has 1 N–H and O–H groups in total. The second-order valence-electron chi connectivity index (χ2n) is 8.46. The Balaban J connectivity index is 1.31. The zero-order chi connectivity index (χ0) is 25.8. The Morgan fingerprint density at radius 1 is 0.811 bits per heavy atom. The molecule has 0 aliphatic heterocycles. The molecular weight excluding hydrogens is 500 g/mol. The maximum Gasteiger partial charge on any atom is 0.255 e. The first kappa shape index (κ1) is 24.6. The standard InChI is InChI=1S/C30H24N2O3S2/c1-2-21-11-15-26(16-12-21)37(34,35)27-17-13-22(14-18-27)29(33)31-25-10-6-9-24(19-25)28-20-36-30(32-28)23-7-4-3-5-8-23/h3-20H,2H2,1H3,(H,31,33). The first-order chi connectivity index (χ1) is 17.9. The summed E-state index contributed by atoms with van der Waals surface area (Å²) in [6.45, 7) is 2.02. The van der Waals surface area contributed by atoms with Crippen LogP contribution in [0.3, 0.4) is 0 Å². The molecule has 0 aliphatic rings. The van der Waals surface area contributed by atoms with Gasteiger partial charge in [-0.2, -0.15) is 0 Å². The Kier molecular flexibility index (Phi) is 6.99. The molecule has 0 saturated carbocycles. The predicted molar refractivity (Wildman–Crippen MR) is 149 cm³/mol. The van der Waals surface area contributed by atoms with Crippen LogP contribution in [0.25, 0.3) is 21.8 Å². The van der Waals surface area contributed by atoms with Crippen molar-refractivity contribution < 1.29 is 13.2 Å². The average molecular weight is 525 g/mol. The van der Waals surface area contributed by atoms with Crippen LogP contribution in [0.1, 0.15) is 22.8 Å². The zero-order valence-electron chi connectivity index (χ0n) is 20.1. The van der Waals surface area contributed by atoms with Crippen LogP contribution in [0.5, 0.6) is 0 Å². The molecule has 5 nitrogen and oxygen atoms in total. The minimum Gasteiger partial charge on any atom is -0.322 e. The van der Waals surface area contributed by atoms with Gasteiger partial charge in [0.15, 0.2) is 0 Å². The van der Waals surface area contributed by atoms with E-state index in [9.17, 15) is 13.2 Å². The van der Waals surface area contributed by atoms with Crippen molar-refractivity contribution in [1.82, 2.24) is 4.98 Å². The van der Waals surface area contributed by atoms with Gasteiger partial charge in [0, 0.05) is 27.8 Å². The van der Waals surface area contributed by atoms with Crippen LogP contribution in [0.15, 0.2) is 118 Å². The lowest BCUT2D eigenvalue weighted by Crippen LogP contribution is -2.12. The molecule has 0 fully saturated rings. The van der Waals surface area contributed by atoms with E-state index < -0.39 is 9.84 Å². The first-order valence-electron chi connectivity index (χ1n) is 11.8. The van der Waals surface area contributed by atoms with E-state index in [0.29, 0.717) is 11.3 Å². The lowest BCUT2D eigenvalue weighted by Gasteiger charge is -2.09. The zero-order valence-corrected chi connectivity index (χ0v) is 21.7. The molecule has 5 aromatic rings. The van der Waals surface area contributed by atoms with Crippen molar-refractivity contribution in [3.8, 4) is 21.8 Å². The SMILES string of the molecule is CCc1ccc(S(=O)(=O)c2ccc(C(=O)Nc3cccc(-c4csc(-c5ccccc5)n4)c3)cc2)cc1. The van der Waals surface area contributed by atoms with Gasteiger partial charge in [0.2, 0.25) is 9.84 Å². The van der Waals surface area contributed by atoms with Gasteiger partial charge in [0.25, 0.3) is 5.91 Å². The van der Waals surface area contributed by atoms with Gasteiger partial charge in [-0.25, -0.2) is 13.4 Å². The van der Waals surface area contributed by atoms with E-state index in [1.165, 1.54) is 24.3 Å². The summed E-state index contributed by atoms with van der Waals surface area (Å²) in [7, 11) is -3.66. The fourth-order valence-corrected chi connectivity index (χ4v) is 6.00. The lowest BCUT2D eigenvalue weighted by molar-refractivity contribution is 0.102. The van der Waals surface area contributed by atoms with E-state index in [1.807, 2.05) is 79.0 Å². The number of amides is 1. The molecule has 0 spiro atoms. The van der Waals surface area contributed by atoms with Crippen LogP contribution < -0.4 is 5.32 Å². The van der Waals surface area contributed by atoms with Crippen molar-refractivity contribution in [2.45, 2.75) is 23.1 Å². The summed E-state index contributed by atoms with van der Waals surface area (Å²) in [6.07, 6.45) is 0.839. The topological polar surface area (TPSA) is 76.1 Å². The molecule has 0 saturated heterocycles. The second-order valence-corrected chi connectivity index (χ2v) is 11.3. The van der Waals surface area contributed by atoms with Gasteiger partial charge in [-0.05, 0) is 60.5 Å². The van der Waals surface area contributed by atoms with E-state index >= 15 is 0 Å². The highest BCUT2D eigenvalue weighted by Crippen LogP contribution is 2.30. The van der Waals surface area contributed by atoms with Gasteiger partial charge in [-0.3, -0.25) is 4.79 Å². The summed E-state index contributed by atoms with van der Waals surface area (Å²) in [5.74, 6) is -0.323. The number of aryl methyl sites for hydroxylation is 1. The highest BCUT2D eigenvalue weighted by Gasteiger charge is 2.18. The molecule has 4 aromatic carbocycles. The quantitative estimate of drug-likeness (QED) is 0.246. The van der Waals surface area contributed by atoms with Gasteiger partial charge in [0.1, 0.15) is 5.01 Å². The average Bonchev–Trinajstić information content (AvgIpc) is 3.44. The third-order valence-electron chi connectivity index (χ3n) is 6.01. The largest absolute Gasteiger partial charge is 0.322 e. The number of hydrogen-bond donors (Lipinski definition) is 1. The smallest absolute Gasteiger partial charge is 0.255 e. The molecule has 1 amide bonds. The molecular formula is C30H24N2O3S2. The van der Waals surface area contributed by atoms with Gasteiger partial charge in [-0.1, -0.05) is 61.5 Å². The second kappa shape index (κ2) is 10.5. The Morgan fingerprint density at radius 3 is 2.14 bits per heavy atom. The minimum atomic E-state index is -3.66. The van der Waals surface area contributed by atoms with E-state index in [2.05, 4.69) is 5.32 Å². The van der Waals surface area contributed by atoms with Crippen molar-refractivity contribution in [2.75, 3.05) is 5.32 Å². The van der Waals surface area contributed by atoms with Crippen molar-refractivity contribution in [3.63, 3.8) is 0 Å². The molecule has 0 aliphatic carbocycles. The Bertz CT molecular complexity index is 1640. The van der Waals surface area contributed by atoms with Crippen molar-refractivity contribution >= 4 is 32.8 Å². The third-order valence-corrected chi connectivity index (χ3v) is 8.69. The molecule has 184 valence electrons. The highest BCUT2D eigenvalue weighted by molar-refractivity contribution is 7.91. The van der Waals surface area contributed by atoms with E-state index in [0.717, 1.165) is 33.8 Å². The lowest BCUT2D eigenvalue weighted by atomic mass is 10.1. The van der Waals surface area contributed by atoms with Gasteiger partial charge in [0.05, 0.1) is 15.5 Å². The van der Waals surface area contributed by atoms with Crippen molar-refractivity contribution in [1.29, 1.82) is 0 Å². The Morgan fingerprint density at radius 2 is 1.46 bits per heavy atom. The number of benzene rings is 4. The van der Waals surface area contributed by atoms with Gasteiger partial charge < -0.3 is 5.32 Å². The minimum absolute atomic E-state index is 0.146. The maximum atomic E-state index is 13.0. The summed E-state index contributed by atoms with van der Waals surface area (Å²) in [4.78, 5) is 18.0. The molecule has 0 radical (unpaired) electrons. The number of hydrogen-bond acceptors (Lipinski definition) is 5. The molecule has 37 heavy (non-hydrogen) atoms. The summed E-state index contributed by atoms with van der Waals surface area (Å²) in [5.41, 5.74) is 4.86. The molecule has 5 rings (SSSR count). The first-order valence-corrected chi connectivity index (χ1v) is 14.2. The third kappa shape index (κ3) is 5.38. The molecule has 0 atom stereocenters. The van der Waals surface area contributed by atoms with Crippen LogP contribution in [0.2, 0.25) is 0 Å². The van der Waals surface area contributed by atoms with Crippen molar-refractivity contribution in [3.05, 3.63) is 120 Å². The fraction of sp³-hybridized carbons (Fsp3) is 0.0667. The molecule has 7 heteroatoms. The van der Waals surface area contributed by atoms with Crippen molar-refractivity contribution in [2.24, 2.45) is 0 Å². The summed E-state index contributed by atoms with van der Waals surface area (Å²) < 4.78 is 25.9. The fourth-order valence-electron chi connectivity index (χ4n) is 3.91. The van der Waals surface area contributed by atoms with E-state index in [-0.39, 0.29) is 15.7 Å². The van der Waals surface area contributed by atoms with Crippen LogP contribution in [0, 0.1) is 0 Å². The highest BCUT2D eigenvalue weighted by atomic mass is 32.2. The number of nitrogens with zero attached hydrogens (tertiary/aromatic N) is 1. The number of sulfone groups is 1. The number of carbonyl (C=O) groups is 1. The summed E-state index contributed by atoms with van der Waals surface area (Å²) >= 11 is 1.57. The normalized spacial score (nSPS) is 11.3. The number of nitrogens with one attached hydrogen (secondary N) is 1. The number of carbonyl (C=O) groups excluding carboxylic acids is 1. The summed E-state index contributed by atoms with van der Waals surface area (Å²) in [5, 5.41) is 5.83. The van der Waals surface area contributed by atoms with E-state index in [1.54, 1.807) is 23.5 Å². The number of rotatable bonds is 7. The number of aromatic nitrogens is 1. The Labute approximate surface area is 220 Å². The number of thiazole rings is 1. The van der Waals surface area contributed by atoms with E-state index in [4.69, 9.17) is 4.98 Å². The van der Waals surface area contributed by atoms with Gasteiger partial charge in [-0.15, -0.1) is 11.3 Å².